The molecular formula is C26H26FN5O4. The van der Waals surface area contributed by atoms with Crippen molar-refractivity contribution in [1.29, 1.82) is 0 Å². The summed E-state index contributed by atoms with van der Waals surface area (Å²) >= 11 is 0. The topological polar surface area (TPSA) is 117 Å². The first-order valence-electron chi connectivity index (χ1n) is 11.9. The highest BCUT2D eigenvalue weighted by Gasteiger charge is 2.57. The van der Waals surface area contributed by atoms with E-state index in [1.807, 2.05) is 6.92 Å². The van der Waals surface area contributed by atoms with Gasteiger partial charge in [0.25, 0.3) is 11.5 Å². The minimum atomic E-state index is -1.00. The van der Waals surface area contributed by atoms with Crippen molar-refractivity contribution >= 4 is 11.8 Å². The van der Waals surface area contributed by atoms with Crippen molar-refractivity contribution in [3.05, 3.63) is 82.5 Å². The Morgan fingerprint density at radius 3 is 2.61 bits per heavy atom. The van der Waals surface area contributed by atoms with Gasteiger partial charge in [-0.25, -0.2) is 14.4 Å². The van der Waals surface area contributed by atoms with E-state index in [9.17, 15) is 23.9 Å². The molecule has 186 valence electrons. The summed E-state index contributed by atoms with van der Waals surface area (Å²) in [6.07, 6.45) is 5.16. The molecule has 2 N–H and O–H groups in total. The lowest BCUT2D eigenvalue weighted by atomic mass is 9.88. The van der Waals surface area contributed by atoms with E-state index in [0.29, 0.717) is 29.8 Å². The first kappa shape index (κ1) is 23.8. The molecule has 36 heavy (non-hydrogen) atoms. The van der Waals surface area contributed by atoms with Gasteiger partial charge in [-0.05, 0) is 30.7 Å². The van der Waals surface area contributed by atoms with E-state index in [4.69, 9.17) is 0 Å². The van der Waals surface area contributed by atoms with Crippen LogP contribution in [0.1, 0.15) is 35.4 Å². The highest BCUT2D eigenvalue weighted by Crippen LogP contribution is 2.50. The summed E-state index contributed by atoms with van der Waals surface area (Å²) in [7, 11) is 0. The van der Waals surface area contributed by atoms with Crippen LogP contribution in [0.15, 0.2) is 59.9 Å². The Hall–Kier alpha value is -3.92. The van der Waals surface area contributed by atoms with Crippen molar-refractivity contribution in [1.82, 2.24) is 24.8 Å². The summed E-state index contributed by atoms with van der Waals surface area (Å²) in [6.45, 7) is 2.16. The van der Waals surface area contributed by atoms with Crippen LogP contribution in [0.25, 0.3) is 11.1 Å². The molecule has 4 atom stereocenters. The molecule has 2 aliphatic rings. The van der Waals surface area contributed by atoms with Gasteiger partial charge in [0, 0.05) is 55.2 Å². The summed E-state index contributed by atoms with van der Waals surface area (Å²) in [4.78, 5) is 49.8. The van der Waals surface area contributed by atoms with Gasteiger partial charge in [-0.15, -0.1) is 0 Å². The van der Waals surface area contributed by atoms with E-state index in [1.54, 1.807) is 35.2 Å². The number of rotatable bonds is 6. The van der Waals surface area contributed by atoms with E-state index in [0.717, 1.165) is 0 Å². The Bertz CT molecular complexity index is 1360. The lowest BCUT2D eigenvalue weighted by Gasteiger charge is -2.31. The number of carbonyl (C=O) groups is 2. The third kappa shape index (κ3) is 3.78. The normalized spacial score (nSPS) is 22.2. The number of amides is 2. The second-order valence-electron chi connectivity index (χ2n) is 9.10. The second-order valence-corrected chi connectivity index (χ2v) is 9.10. The smallest absolute Gasteiger partial charge is 0.258 e. The van der Waals surface area contributed by atoms with E-state index < -0.39 is 41.6 Å². The van der Waals surface area contributed by atoms with Crippen LogP contribution in [0.5, 0.6) is 0 Å². The predicted octanol–water partition coefficient (Wildman–Crippen LogP) is 1.77. The maximum absolute atomic E-state index is 14.7. The molecule has 1 aromatic carbocycles. The fourth-order valence-corrected chi connectivity index (χ4v) is 5.49. The van der Waals surface area contributed by atoms with Crippen LogP contribution in [0, 0.1) is 17.7 Å². The Morgan fingerprint density at radius 2 is 1.92 bits per heavy atom. The number of fused-ring (bicyclic) bond motifs is 3. The molecule has 0 saturated carbocycles. The van der Waals surface area contributed by atoms with Gasteiger partial charge in [0.15, 0.2) is 0 Å². The number of hydrogen-bond donors (Lipinski definition) is 2. The van der Waals surface area contributed by atoms with E-state index in [-0.39, 0.29) is 24.3 Å². The predicted molar refractivity (Wildman–Crippen MR) is 128 cm³/mol. The van der Waals surface area contributed by atoms with Crippen molar-refractivity contribution in [2.45, 2.75) is 32.0 Å². The Kier molecular flexibility index (Phi) is 6.36. The van der Waals surface area contributed by atoms with Crippen LogP contribution in [-0.2, 0) is 11.3 Å². The first-order chi connectivity index (χ1) is 17.5. The quantitative estimate of drug-likeness (QED) is 0.543. The first-order valence-corrected chi connectivity index (χ1v) is 11.9. The fourth-order valence-electron chi connectivity index (χ4n) is 5.49. The molecule has 1 fully saturated rings. The van der Waals surface area contributed by atoms with Gasteiger partial charge in [0.05, 0.1) is 17.2 Å². The summed E-state index contributed by atoms with van der Waals surface area (Å²) in [5, 5.41) is 13.2. The average molecular weight is 492 g/mol. The number of halogens is 1. The van der Waals surface area contributed by atoms with Gasteiger partial charge in [0.1, 0.15) is 18.2 Å². The summed E-state index contributed by atoms with van der Waals surface area (Å²) in [6, 6.07) is 7.32. The van der Waals surface area contributed by atoms with Gasteiger partial charge < -0.3 is 19.9 Å². The van der Waals surface area contributed by atoms with Crippen LogP contribution >= 0.6 is 0 Å². The molecule has 2 amide bonds. The minimum absolute atomic E-state index is 0.165. The van der Waals surface area contributed by atoms with Gasteiger partial charge in [-0.1, -0.05) is 19.1 Å². The molecule has 0 bridgehead atoms. The number of carbonyl (C=O) groups excluding carboxylic acids is 2. The minimum Gasteiger partial charge on any atom is -0.396 e. The maximum atomic E-state index is 14.7. The fraction of sp³-hybridized carbons (Fsp3) is 0.346. The molecule has 3 aromatic rings. The van der Waals surface area contributed by atoms with Crippen LogP contribution in [0.4, 0.5) is 4.39 Å². The van der Waals surface area contributed by atoms with Crippen LogP contribution in [0.3, 0.4) is 0 Å². The third-order valence-corrected chi connectivity index (χ3v) is 7.10. The number of hydrogen-bond acceptors (Lipinski definition) is 6. The van der Waals surface area contributed by atoms with Gasteiger partial charge >= 0.3 is 0 Å². The zero-order valence-electron chi connectivity index (χ0n) is 19.7. The van der Waals surface area contributed by atoms with Crippen LogP contribution < -0.4 is 10.9 Å². The van der Waals surface area contributed by atoms with Crippen molar-refractivity contribution in [3.63, 3.8) is 0 Å². The lowest BCUT2D eigenvalue weighted by molar-refractivity contribution is -0.126. The number of nitrogens with one attached hydrogen (secondary N) is 1. The summed E-state index contributed by atoms with van der Waals surface area (Å²) in [5.41, 5.74) is 1.06. The highest BCUT2D eigenvalue weighted by atomic mass is 19.1. The number of nitrogens with zero attached hydrogens (tertiary/aromatic N) is 4. The molecule has 10 heteroatoms. The largest absolute Gasteiger partial charge is 0.396 e. The Balaban J connectivity index is 1.63. The Labute approximate surface area is 206 Å². The van der Waals surface area contributed by atoms with Crippen LogP contribution in [-0.4, -0.2) is 55.5 Å². The molecule has 0 unspecified atom stereocenters. The Morgan fingerprint density at radius 1 is 1.17 bits per heavy atom. The van der Waals surface area contributed by atoms with E-state index in [2.05, 4.69) is 15.3 Å². The molecule has 1 saturated heterocycles. The zero-order valence-corrected chi connectivity index (χ0v) is 19.7. The summed E-state index contributed by atoms with van der Waals surface area (Å²) < 4.78 is 16.3. The van der Waals surface area contributed by atoms with Crippen molar-refractivity contribution in [2.24, 2.45) is 11.8 Å². The average Bonchev–Trinajstić information content (AvgIpc) is 3.43. The van der Waals surface area contributed by atoms with Gasteiger partial charge in [-0.3, -0.25) is 14.4 Å². The molecule has 0 aliphatic carbocycles. The molecule has 2 aromatic heterocycles. The molecule has 0 spiro atoms. The monoisotopic (exact) mass is 491 g/mol. The van der Waals surface area contributed by atoms with Crippen molar-refractivity contribution in [3.8, 4) is 11.1 Å². The molecule has 2 aliphatic heterocycles. The van der Waals surface area contributed by atoms with Gasteiger partial charge in [-0.2, -0.15) is 0 Å². The van der Waals surface area contributed by atoms with E-state index >= 15 is 0 Å². The van der Waals surface area contributed by atoms with Crippen molar-refractivity contribution < 1.29 is 19.1 Å². The number of aliphatic hydroxyl groups is 1. The zero-order chi connectivity index (χ0) is 25.4. The maximum Gasteiger partial charge on any atom is 0.258 e. The van der Waals surface area contributed by atoms with Crippen LogP contribution in [0.2, 0.25) is 0 Å². The summed E-state index contributed by atoms with van der Waals surface area (Å²) in [5.74, 6) is -2.79. The molecule has 5 rings (SSSR count). The third-order valence-electron chi connectivity index (χ3n) is 7.10. The van der Waals surface area contributed by atoms with E-state index in [1.165, 1.54) is 29.4 Å². The van der Waals surface area contributed by atoms with Gasteiger partial charge in [0.2, 0.25) is 5.91 Å². The highest BCUT2D eigenvalue weighted by molar-refractivity contribution is 5.98. The SMILES string of the molecule is CCCNC(=O)[C@H]1[C@H](CO)[C@H]2Cn3c(ccc(-c4cncnc4)c3=O)[C@H]2N1C(=O)c1ccccc1F. The number of benzene rings is 1. The molecule has 9 nitrogen and oxygen atoms in total. The number of pyridine rings is 1. The second kappa shape index (κ2) is 9.62. The standard InChI is InChI=1S/C26H26FN5O4/c1-2-9-30-24(34)23-19(13-33)18-12-31-21(8-7-16(25(31)35)15-10-28-14-29-11-15)22(18)32(23)26(36)17-5-3-4-6-20(17)27/h3-8,10-11,14,18-19,22-23,33H,2,9,12-13H2,1H3,(H,30,34)/t18-,19-,22+,23-/m1/s1. The number of aromatic nitrogens is 3. The number of aliphatic hydroxyl groups excluding tert-OH is 1. The number of likely N-dealkylation sites (tertiary alicyclic amines) is 1. The molecule has 0 radical (unpaired) electrons. The van der Waals surface area contributed by atoms with Crippen molar-refractivity contribution in [2.75, 3.05) is 13.2 Å². The molecule has 4 heterocycles. The molecular weight excluding hydrogens is 465 g/mol. The lowest BCUT2D eigenvalue weighted by Crippen LogP contribution is -2.50.